The number of hydrogen-bond acceptors (Lipinski definition) is 2. The lowest BCUT2D eigenvalue weighted by molar-refractivity contribution is -0.143. The largest absolute Gasteiger partial charge is 0.466 e. The van der Waals surface area contributed by atoms with Gasteiger partial charge in [-0.1, -0.05) is 295 Å². The Morgan fingerprint density at radius 3 is 1.00 bits per heavy atom. The summed E-state index contributed by atoms with van der Waals surface area (Å²) in [5.41, 5.74) is 0. The summed E-state index contributed by atoms with van der Waals surface area (Å²) >= 11 is 0. The molecule has 0 N–H and O–H groups in total. The molecule has 0 bridgehead atoms. The van der Waals surface area contributed by atoms with E-state index in [2.05, 4.69) is 57.2 Å². The zero-order valence-corrected chi connectivity index (χ0v) is 40.9. The standard InChI is InChI=1S/C57H108O2/c1-4-5-6-7-8-9-10-11-32-36-39-42-45-48-51-54-57(58)59-55-52-49-46-43-40-37-34-31-29-27-25-23-21-19-17-15-13-12-14-16-18-20-22-24-26-28-30-33-35-38-41-44-47-50-53-56(2)3/h5-6,8-9,11,32,56H,4,7,10,12-31,33-55H2,1-3H3/b6-5-,9-8-,32-11-. The molecule has 0 heterocycles. The highest BCUT2D eigenvalue weighted by Gasteiger charge is 2.03. The Labute approximate surface area is 372 Å². The van der Waals surface area contributed by atoms with Crippen molar-refractivity contribution in [3.05, 3.63) is 36.5 Å². The molecule has 0 aromatic carbocycles. The van der Waals surface area contributed by atoms with Gasteiger partial charge in [-0.05, 0) is 50.9 Å². The van der Waals surface area contributed by atoms with Gasteiger partial charge in [0.25, 0.3) is 0 Å². The number of carbonyl (C=O) groups is 1. The van der Waals surface area contributed by atoms with Crippen LogP contribution in [0, 0.1) is 5.92 Å². The first-order chi connectivity index (χ1) is 29.2. The summed E-state index contributed by atoms with van der Waals surface area (Å²) < 4.78 is 5.48. The van der Waals surface area contributed by atoms with Crippen molar-refractivity contribution in [3.8, 4) is 0 Å². The molecule has 0 aliphatic rings. The maximum Gasteiger partial charge on any atom is 0.305 e. The summed E-state index contributed by atoms with van der Waals surface area (Å²) in [5, 5.41) is 0. The van der Waals surface area contributed by atoms with E-state index in [0.29, 0.717) is 13.0 Å². The van der Waals surface area contributed by atoms with Crippen molar-refractivity contribution in [2.75, 3.05) is 6.61 Å². The van der Waals surface area contributed by atoms with E-state index in [0.717, 1.165) is 44.4 Å². The van der Waals surface area contributed by atoms with Crippen molar-refractivity contribution < 1.29 is 9.53 Å². The van der Waals surface area contributed by atoms with E-state index in [1.54, 1.807) is 0 Å². The van der Waals surface area contributed by atoms with Gasteiger partial charge in [0.15, 0.2) is 0 Å². The lowest BCUT2D eigenvalue weighted by Crippen LogP contribution is -2.05. The number of hydrogen-bond donors (Lipinski definition) is 0. The van der Waals surface area contributed by atoms with Crippen LogP contribution in [-0.2, 0) is 9.53 Å². The molecule has 0 spiro atoms. The fourth-order valence-electron chi connectivity index (χ4n) is 8.46. The summed E-state index contributed by atoms with van der Waals surface area (Å²) in [7, 11) is 0. The quantitative estimate of drug-likeness (QED) is 0.0347. The van der Waals surface area contributed by atoms with Crippen molar-refractivity contribution >= 4 is 5.97 Å². The molecule has 0 atom stereocenters. The topological polar surface area (TPSA) is 26.3 Å². The molecule has 0 aromatic heterocycles. The summed E-state index contributed by atoms with van der Waals surface area (Å²) in [4.78, 5) is 12.0. The molecule has 2 nitrogen and oxygen atoms in total. The zero-order chi connectivity index (χ0) is 42.6. The van der Waals surface area contributed by atoms with Gasteiger partial charge in [-0.2, -0.15) is 0 Å². The van der Waals surface area contributed by atoms with E-state index in [1.165, 1.54) is 244 Å². The minimum absolute atomic E-state index is 0.0115. The molecule has 59 heavy (non-hydrogen) atoms. The smallest absolute Gasteiger partial charge is 0.305 e. The van der Waals surface area contributed by atoms with E-state index in [-0.39, 0.29) is 5.97 Å². The van der Waals surface area contributed by atoms with E-state index in [9.17, 15) is 4.79 Å². The second-order valence-corrected chi connectivity index (χ2v) is 19.0. The third-order valence-electron chi connectivity index (χ3n) is 12.5. The molecular weight excluding hydrogens is 717 g/mol. The molecule has 348 valence electrons. The molecule has 0 rings (SSSR count). The Kier molecular flexibility index (Phi) is 51.7. The lowest BCUT2D eigenvalue weighted by atomic mass is 10.0. The number of allylic oxidation sites excluding steroid dienone is 6. The molecule has 0 amide bonds. The second-order valence-electron chi connectivity index (χ2n) is 19.0. The molecule has 0 saturated heterocycles. The number of unbranched alkanes of at least 4 members (excludes halogenated alkanes) is 38. The predicted octanol–water partition coefficient (Wildman–Crippen LogP) is 20.4. The van der Waals surface area contributed by atoms with Crippen LogP contribution >= 0.6 is 0 Å². The monoisotopic (exact) mass is 825 g/mol. The van der Waals surface area contributed by atoms with Gasteiger partial charge in [0, 0.05) is 6.42 Å². The summed E-state index contributed by atoms with van der Waals surface area (Å²) in [6.07, 6.45) is 74.6. The van der Waals surface area contributed by atoms with Gasteiger partial charge in [0.05, 0.1) is 6.61 Å². The van der Waals surface area contributed by atoms with Crippen LogP contribution in [0.5, 0.6) is 0 Å². The van der Waals surface area contributed by atoms with E-state index >= 15 is 0 Å². The van der Waals surface area contributed by atoms with Crippen LogP contribution in [-0.4, -0.2) is 12.6 Å². The molecule has 0 aromatic rings. The Morgan fingerprint density at radius 2 is 0.644 bits per heavy atom. The second kappa shape index (κ2) is 52.8. The highest BCUT2D eigenvalue weighted by atomic mass is 16.5. The summed E-state index contributed by atoms with van der Waals surface area (Å²) in [6, 6.07) is 0. The van der Waals surface area contributed by atoms with Crippen LogP contribution in [0.2, 0.25) is 0 Å². The number of esters is 1. The molecule has 0 aliphatic carbocycles. The molecule has 2 heteroatoms. The minimum atomic E-state index is 0.0115. The zero-order valence-electron chi connectivity index (χ0n) is 40.9. The average molecular weight is 825 g/mol. The Hall–Kier alpha value is -1.31. The first-order valence-corrected chi connectivity index (χ1v) is 27.3. The van der Waals surface area contributed by atoms with Crippen molar-refractivity contribution in [2.45, 2.75) is 310 Å². The van der Waals surface area contributed by atoms with Gasteiger partial charge in [0.2, 0.25) is 0 Å². The number of ether oxygens (including phenoxy) is 1. The first kappa shape index (κ1) is 57.7. The van der Waals surface area contributed by atoms with Crippen LogP contribution < -0.4 is 0 Å². The summed E-state index contributed by atoms with van der Waals surface area (Å²) in [5.74, 6) is 0.901. The lowest BCUT2D eigenvalue weighted by Gasteiger charge is -2.06. The fraction of sp³-hybridized carbons (Fsp3) is 0.877. The van der Waals surface area contributed by atoms with E-state index < -0.39 is 0 Å². The molecule has 0 fully saturated rings. The molecule has 0 unspecified atom stereocenters. The predicted molar refractivity (Wildman–Crippen MR) is 267 cm³/mol. The molecule has 0 aliphatic heterocycles. The van der Waals surface area contributed by atoms with Crippen LogP contribution in [0.4, 0.5) is 0 Å². The molecule has 0 radical (unpaired) electrons. The van der Waals surface area contributed by atoms with Gasteiger partial charge in [-0.25, -0.2) is 0 Å². The molecule has 0 saturated carbocycles. The average Bonchev–Trinajstić information content (AvgIpc) is 3.23. The maximum atomic E-state index is 12.0. The summed E-state index contributed by atoms with van der Waals surface area (Å²) in [6.45, 7) is 7.49. The number of rotatable bonds is 50. The van der Waals surface area contributed by atoms with Gasteiger partial charge in [0.1, 0.15) is 0 Å². The van der Waals surface area contributed by atoms with E-state index in [1.807, 2.05) is 0 Å². The van der Waals surface area contributed by atoms with E-state index in [4.69, 9.17) is 4.74 Å². The Balaban J connectivity index is 3.16. The highest BCUT2D eigenvalue weighted by Crippen LogP contribution is 2.18. The van der Waals surface area contributed by atoms with Crippen LogP contribution in [0.1, 0.15) is 310 Å². The third-order valence-corrected chi connectivity index (χ3v) is 12.5. The Bertz CT molecular complexity index is 868. The van der Waals surface area contributed by atoms with Gasteiger partial charge in [-0.3, -0.25) is 4.79 Å². The van der Waals surface area contributed by atoms with Crippen molar-refractivity contribution in [1.29, 1.82) is 0 Å². The third kappa shape index (κ3) is 54.7. The van der Waals surface area contributed by atoms with Gasteiger partial charge < -0.3 is 4.74 Å². The maximum absolute atomic E-state index is 12.0. The normalized spacial score (nSPS) is 12.1. The van der Waals surface area contributed by atoms with Crippen LogP contribution in [0.3, 0.4) is 0 Å². The Morgan fingerprint density at radius 1 is 0.356 bits per heavy atom. The number of carbonyl (C=O) groups excluding carboxylic acids is 1. The minimum Gasteiger partial charge on any atom is -0.466 e. The van der Waals surface area contributed by atoms with Crippen molar-refractivity contribution in [2.24, 2.45) is 5.92 Å². The van der Waals surface area contributed by atoms with Crippen LogP contribution in [0.15, 0.2) is 36.5 Å². The van der Waals surface area contributed by atoms with Crippen LogP contribution in [0.25, 0.3) is 0 Å². The first-order valence-electron chi connectivity index (χ1n) is 27.3. The van der Waals surface area contributed by atoms with Crippen molar-refractivity contribution in [1.82, 2.24) is 0 Å². The van der Waals surface area contributed by atoms with Gasteiger partial charge >= 0.3 is 5.97 Å². The fourth-order valence-corrected chi connectivity index (χ4v) is 8.46. The molecular formula is C57H108O2. The van der Waals surface area contributed by atoms with Gasteiger partial charge in [-0.15, -0.1) is 0 Å². The van der Waals surface area contributed by atoms with Crippen molar-refractivity contribution in [3.63, 3.8) is 0 Å². The highest BCUT2D eigenvalue weighted by molar-refractivity contribution is 5.69. The SMILES string of the molecule is CC/C=C\C/C=C\C/C=C\CCCCCCCC(=O)OCCCCCCCCCCCCCCCCCCCCCCCCCCCCCCCCCCCCC(C)C.